The van der Waals surface area contributed by atoms with Gasteiger partial charge in [-0.25, -0.2) is 4.98 Å². The Kier molecular flexibility index (Phi) is 6.54. The summed E-state index contributed by atoms with van der Waals surface area (Å²) in [6.45, 7) is 1.54. The van der Waals surface area contributed by atoms with Crippen LogP contribution in [0.5, 0.6) is 0 Å². The van der Waals surface area contributed by atoms with Gasteiger partial charge < -0.3 is 14.6 Å². The van der Waals surface area contributed by atoms with Gasteiger partial charge in [0, 0.05) is 6.61 Å². The number of nitrogens with zero attached hydrogens (tertiary/aromatic N) is 2. The van der Waals surface area contributed by atoms with Crippen molar-refractivity contribution in [3.8, 4) is 11.3 Å². The van der Waals surface area contributed by atoms with Crippen molar-refractivity contribution >= 4 is 35.0 Å². The third-order valence-electron chi connectivity index (χ3n) is 4.78. The normalized spacial score (nSPS) is 16.1. The van der Waals surface area contributed by atoms with Gasteiger partial charge >= 0.3 is 0 Å². The Balaban J connectivity index is 1.49. The first-order valence-corrected chi connectivity index (χ1v) is 11.0. The maximum absolute atomic E-state index is 12.4. The van der Waals surface area contributed by atoms with E-state index >= 15 is 0 Å². The molecule has 0 saturated carbocycles. The molecule has 1 amide bonds. The van der Waals surface area contributed by atoms with Crippen molar-refractivity contribution < 1.29 is 9.53 Å². The number of aromatic nitrogens is 2. The molecule has 0 spiro atoms. The molecule has 3 aromatic rings. The molecule has 7 heteroatoms. The van der Waals surface area contributed by atoms with Crippen LogP contribution >= 0.6 is 23.4 Å². The number of benzene rings is 2. The molecule has 5 nitrogen and oxygen atoms in total. The van der Waals surface area contributed by atoms with Gasteiger partial charge in [-0.05, 0) is 30.5 Å². The monoisotopic (exact) mass is 427 g/mol. The fraction of sp³-hybridized carbons (Fsp3) is 0.273. The van der Waals surface area contributed by atoms with Crippen LogP contribution in [0.1, 0.15) is 12.8 Å². The number of anilines is 1. The molecule has 29 heavy (non-hydrogen) atoms. The third kappa shape index (κ3) is 5.01. The molecular formula is C22H22ClN3O2S. The number of halogens is 1. The van der Waals surface area contributed by atoms with Gasteiger partial charge in [0.05, 0.1) is 41.0 Å². The quantitative estimate of drug-likeness (QED) is 0.532. The Morgan fingerprint density at radius 3 is 2.76 bits per heavy atom. The van der Waals surface area contributed by atoms with Gasteiger partial charge in [0.15, 0.2) is 5.16 Å². The zero-order valence-corrected chi connectivity index (χ0v) is 17.5. The maximum Gasteiger partial charge on any atom is 0.234 e. The van der Waals surface area contributed by atoms with Crippen molar-refractivity contribution in [3.63, 3.8) is 0 Å². The second-order valence-corrected chi connectivity index (χ2v) is 8.20. The Morgan fingerprint density at radius 1 is 1.21 bits per heavy atom. The van der Waals surface area contributed by atoms with E-state index in [0.29, 0.717) is 10.7 Å². The predicted octanol–water partition coefficient (Wildman–Crippen LogP) is 5.11. The number of imidazole rings is 1. The Hall–Kier alpha value is -2.28. The van der Waals surface area contributed by atoms with Crippen molar-refractivity contribution in [1.82, 2.24) is 9.55 Å². The highest BCUT2D eigenvalue weighted by Gasteiger charge is 2.21. The van der Waals surface area contributed by atoms with Crippen LogP contribution in [-0.2, 0) is 16.1 Å². The fourth-order valence-electron chi connectivity index (χ4n) is 3.36. The lowest BCUT2D eigenvalue weighted by molar-refractivity contribution is -0.113. The van der Waals surface area contributed by atoms with Crippen LogP contribution in [0, 0.1) is 0 Å². The number of hydrogen-bond donors (Lipinski definition) is 1. The van der Waals surface area contributed by atoms with E-state index in [1.54, 1.807) is 12.1 Å². The third-order valence-corrected chi connectivity index (χ3v) is 6.10. The standard InChI is InChI=1S/C22H22ClN3O2S/c23-18-10-4-5-11-19(18)25-21(27)15-29-22-24-13-20(16-7-2-1-3-8-16)26(22)14-17-9-6-12-28-17/h1-5,7-8,10-11,13,17H,6,9,12,14-15H2,(H,25,27). The van der Waals surface area contributed by atoms with Gasteiger partial charge in [0.25, 0.3) is 0 Å². The number of para-hydroxylation sites is 1. The molecule has 1 aliphatic heterocycles. The molecule has 1 aromatic heterocycles. The first-order chi connectivity index (χ1) is 14.2. The second-order valence-electron chi connectivity index (χ2n) is 6.85. The van der Waals surface area contributed by atoms with Gasteiger partial charge in [-0.2, -0.15) is 0 Å². The first kappa shape index (κ1) is 20.0. The predicted molar refractivity (Wildman–Crippen MR) is 117 cm³/mol. The number of rotatable bonds is 7. The van der Waals surface area contributed by atoms with E-state index in [2.05, 4.69) is 27.0 Å². The number of carbonyl (C=O) groups excluding carboxylic acids is 1. The summed E-state index contributed by atoms with van der Waals surface area (Å²) in [5.41, 5.74) is 2.76. The Morgan fingerprint density at radius 2 is 2.00 bits per heavy atom. The van der Waals surface area contributed by atoms with Crippen molar-refractivity contribution in [2.75, 3.05) is 17.7 Å². The molecule has 1 fully saturated rings. The van der Waals surface area contributed by atoms with Crippen LogP contribution in [0.15, 0.2) is 66.0 Å². The number of hydrogen-bond acceptors (Lipinski definition) is 4. The van der Waals surface area contributed by atoms with E-state index in [1.165, 1.54) is 11.8 Å². The zero-order valence-electron chi connectivity index (χ0n) is 15.9. The minimum absolute atomic E-state index is 0.115. The van der Waals surface area contributed by atoms with Crippen LogP contribution in [0.25, 0.3) is 11.3 Å². The molecule has 1 atom stereocenters. The van der Waals surface area contributed by atoms with Gasteiger partial charge in [-0.1, -0.05) is 65.8 Å². The average Bonchev–Trinajstić information content (AvgIpc) is 3.39. The average molecular weight is 428 g/mol. The van der Waals surface area contributed by atoms with E-state index < -0.39 is 0 Å². The van der Waals surface area contributed by atoms with Crippen LogP contribution in [0.4, 0.5) is 5.69 Å². The summed E-state index contributed by atoms with van der Waals surface area (Å²) < 4.78 is 8.00. The van der Waals surface area contributed by atoms with Crippen molar-refractivity contribution in [3.05, 3.63) is 65.8 Å². The second kappa shape index (κ2) is 9.48. The minimum atomic E-state index is -0.115. The molecule has 150 valence electrons. The van der Waals surface area contributed by atoms with Gasteiger partial charge in [-0.3, -0.25) is 4.79 Å². The van der Waals surface area contributed by atoms with Crippen LogP contribution in [0.2, 0.25) is 5.02 Å². The van der Waals surface area contributed by atoms with E-state index in [4.69, 9.17) is 16.3 Å². The fourth-order valence-corrected chi connectivity index (χ4v) is 4.33. The highest BCUT2D eigenvalue weighted by molar-refractivity contribution is 7.99. The van der Waals surface area contributed by atoms with E-state index in [-0.39, 0.29) is 17.8 Å². The van der Waals surface area contributed by atoms with Gasteiger partial charge in [0.1, 0.15) is 0 Å². The smallest absolute Gasteiger partial charge is 0.234 e. The molecule has 2 heterocycles. The molecule has 0 bridgehead atoms. The molecule has 0 radical (unpaired) electrons. The van der Waals surface area contributed by atoms with Crippen LogP contribution in [0.3, 0.4) is 0 Å². The molecule has 1 N–H and O–H groups in total. The SMILES string of the molecule is O=C(CSc1ncc(-c2ccccc2)n1CC1CCCO1)Nc1ccccc1Cl. The van der Waals surface area contributed by atoms with E-state index in [1.807, 2.05) is 36.5 Å². The number of nitrogens with one attached hydrogen (secondary N) is 1. The van der Waals surface area contributed by atoms with E-state index in [0.717, 1.165) is 42.4 Å². The minimum Gasteiger partial charge on any atom is -0.376 e. The molecular weight excluding hydrogens is 406 g/mol. The van der Waals surface area contributed by atoms with E-state index in [9.17, 15) is 4.79 Å². The largest absolute Gasteiger partial charge is 0.376 e. The Bertz CT molecular complexity index is 971. The lowest BCUT2D eigenvalue weighted by Gasteiger charge is -2.16. The lowest BCUT2D eigenvalue weighted by atomic mass is 10.1. The lowest BCUT2D eigenvalue weighted by Crippen LogP contribution is -2.18. The maximum atomic E-state index is 12.4. The molecule has 4 rings (SSSR count). The van der Waals surface area contributed by atoms with Crippen LogP contribution < -0.4 is 5.32 Å². The summed E-state index contributed by atoms with van der Waals surface area (Å²) in [6, 6.07) is 17.4. The molecule has 0 aliphatic carbocycles. The van der Waals surface area contributed by atoms with Crippen molar-refractivity contribution in [1.29, 1.82) is 0 Å². The summed E-state index contributed by atoms with van der Waals surface area (Å²) in [7, 11) is 0. The van der Waals surface area contributed by atoms with Crippen molar-refractivity contribution in [2.45, 2.75) is 30.6 Å². The molecule has 1 saturated heterocycles. The molecule has 2 aromatic carbocycles. The topological polar surface area (TPSA) is 56.2 Å². The Labute approximate surface area is 179 Å². The summed E-state index contributed by atoms with van der Waals surface area (Å²) in [4.78, 5) is 17.0. The number of thioether (sulfide) groups is 1. The highest BCUT2D eigenvalue weighted by Crippen LogP contribution is 2.28. The van der Waals surface area contributed by atoms with Gasteiger partial charge in [0.2, 0.25) is 5.91 Å². The number of carbonyl (C=O) groups is 1. The summed E-state index contributed by atoms with van der Waals surface area (Å²) in [6.07, 6.45) is 4.19. The highest BCUT2D eigenvalue weighted by atomic mass is 35.5. The van der Waals surface area contributed by atoms with Gasteiger partial charge in [-0.15, -0.1) is 0 Å². The number of ether oxygens (including phenoxy) is 1. The summed E-state index contributed by atoms with van der Waals surface area (Å²) in [5.74, 6) is 0.137. The summed E-state index contributed by atoms with van der Waals surface area (Å²) in [5, 5.41) is 4.20. The molecule has 1 unspecified atom stereocenters. The number of amides is 1. The molecule has 1 aliphatic rings. The first-order valence-electron chi connectivity index (χ1n) is 9.60. The summed E-state index contributed by atoms with van der Waals surface area (Å²) >= 11 is 7.55. The van der Waals surface area contributed by atoms with Crippen LogP contribution in [-0.4, -0.2) is 33.9 Å². The zero-order chi connectivity index (χ0) is 20.1. The van der Waals surface area contributed by atoms with Crippen molar-refractivity contribution in [2.24, 2.45) is 0 Å².